The fourth-order valence-electron chi connectivity index (χ4n) is 1.34. The molecule has 1 aromatic carbocycles. The molecule has 2 aromatic rings. The molecule has 0 aliphatic rings. The molecule has 4 nitrogen and oxygen atoms in total. The number of allylic oxidation sites excluding steroid dienone is 3. The van der Waals surface area contributed by atoms with Gasteiger partial charge in [-0.1, -0.05) is 46.6 Å². The summed E-state index contributed by atoms with van der Waals surface area (Å²) in [5.41, 5.74) is 0.594. The summed E-state index contributed by atoms with van der Waals surface area (Å²) in [4.78, 5) is 4.18. The Morgan fingerprint density at radius 1 is 1.16 bits per heavy atom. The molecule has 0 bridgehead atoms. The number of benzene rings is 1. The second-order valence-corrected chi connectivity index (χ2v) is 4.25. The lowest BCUT2D eigenvalue weighted by atomic mass is 10.2. The second-order valence-electron chi connectivity index (χ2n) is 3.47. The fourth-order valence-corrected chi connectivity index (χ4v) is 1.72. The minimum Gasteiger partial charge on any atom is -0.334 e. The van der Waals surface area contributed by atoms with Gasteiger partial charge in [0.05, 0.1) is 15.6 Å². The highest BCUT2D eigenvalue weighted by atomic mass is 35.5. The number of nitrogens with zero attached hydrogens (tertiary/aromatic N) is 2. The molecule has 0 fully saturated rings. The third-order valence-corrected chi connectivity index (χ3v) is 3.01. The summed E-state index contributed by atoms with van der Waals surface area (Å²) in [5.74, 6) is 0.726. The topological polar surface area (TPSA) is 62.8 Å². The molecule has 2 rings (SSSR count). The molecule has 0 saturated carbocycles. The Bertz CT molecular complexity index is 647. The average Bonchev–Trinajstić information content (AvgIpc) is 2.87. The van der Waals surface area contributed by atoms with Crippen LogP contribution in [0.1, 0.15) is 5.82 Å². The number of aromatic nitrogens is 2. The predicted octanol–water partition coefficient (Wildman–Crippen LogP) is 4.26. The van der Waals surface area contributed by atoms with Crippen molar-refractivity contribution in [1.82, 2.24) is 10.1 Å². The molecule has 0 amide bonds. The van der Waals surface area contributed by atoms with Gasteiger partial charge in [-0.3, -0.25) is 0 Å². The first kappa shape index (κ1) is 13.5. The molecule has 0 radical (unpaired) electrons. The highest BCUT2D eigenvalue weighted by Crippen LogP contribution is 2.32. The predicted molar refractivity (Wildman–Crippen MR) is 76.7 cm³/mol. The van der Waals surface area contributed by atoms with Crippen LogP contribution in [0.2, 0.25) is 10.0 Å². The molecular formula is C13H9Cl2N3O. The van der Waals surface area contributed by atoms with E-state index in [9.17, 15) is 0 Å². The van der Waals surface area contributed by atoms with Gasteiger partial charge in [0.15, 0.2) is 5.82 Å². The SMILES string of the molecule is N=C/C=C\C=C\c1noc(-c2cccc(Cl)c2Cl)n1. The Morgan fingerprint density at radius 3 is 2.79 bits per heavy atom. The van der Waals surface area contributed by atoms with E-state index in [0.29, 0.717) is 27.3 Å². The summed E-state index contributed by atoms with van der Waals surface area (Å²) in [6.07, 6.45) is 7.81. The molecular weight excluding hydrogens is 285 g/mol. The van der Waals surface area contributed by atoms with Crippen LogP contribution >= 0.6 is 23.2 Å². The Morgan fingerprint density at radius 2 is 2.00 bits per heavy atom. The molecule has 6 heteroatoms. The van der Waals surface area contributed by atoms with Crippen LogP contribution in [0, 0.1) is 5.41 Å². The van der Waals surface area contributed by atoms with E-state index in [1.807, 2.05) is 0 Å². The summed E-state index contributed by atoms with van der Waals surface area (Å²) in [6.45, 7) is 0. The van der Waals surface area contributed by atoms with Gasteiger partial charge in [0.2, 0.25) is 0 Å². The van der Waals surface area contributed by atoms with Crippen molar-refractivity contribution >= 4 is 35.5 Å². The third-order valence-electron chi connectivity index (χ3n) is 2.19. The zero-order valence-corrected chi connectivity index (χ0v) is 11.2. The van der Waals surface area contributed by atoms with E-state index in [0.717, 1.165) is 0 Å². The number of halogens is 2. The van der Waals surface area contributed by atoms with Gasteiger partial charge in [0.25, 0.3) is 5.89 Å². The van der Waals surface area contributed by atoms with Crippen molar-refractivity contribution in [2.24, 2.45) is 0 Å². The Labute approximate surface area is 119 Å². The van der Waals surface area contributed by atoms with Crippen LogP contribution < -0.4 is 0 Å². The van der Waals surface area contributed by atoms with Gasteiger partial charge < -0.3 is 9.93 Å². The van der Waals surface area contributed by atoms with Crippen LogP contribution in [0.4, 0.5) is 0 Å². The van der Waals surface area contributed by atoms with Crippen molar-refractivity contribution in [2.75, 3.05) is 0 Å². The second kappa shape index (κ2) is 6.31. The van der Waals surface area contributed by atoms with E-state index in [1.165, 1.54) is 6.21 Å². The van der Waals surface area contributed by atoms with E-state index >= 15 is 0 Å². The maximum Gasteiger partial charge on any atom is 0.259 e. The van der Waals surface area contributed by atoms with Crippen molar-refractivity contribution in [3.63, 3.8) is 0 Å². The highest BCUT2D eigenvalue weighted by Gasteiger charge is 2.12. The van der Waals surface area contributed by atoms with Crippen molar-refractivity contribution < 1.29 is 4.52 Å². The van der Waals surface area contributed by atoms with Gasteiger partial charge in [-0.05, 0) is 24.3 Å². The number of nitrogens with one attached hydrogen (secondary N) is 1. The molecule has 0 unspecified atom stereocenters. The number of hydrogen-bond donors (Lipinski definition) is 1. The standard InChI is InChI=1S/C13H9Cl2N3O/c14-10-6-4-5-9(12(10)15)13-17-11(18-19-13)7-2-1-3-8-16/h1-8,16H/b3-1-,7-2+,16-8?. The summed E-state index contributed by atoms with van der Waals surface area (Å²) < 4.78 is 5.12. The normalized spacial score (nSPS) is 11.5. The minimum absolute atomic E-state index is 0.309. The van der Waals surface area contributed by atoms with Gasteiger partial charge in [-0.2, -0.15) is 4.98 Å². The van der Waals surface area contributed by atoms with Gasteiger partial charge in [-0.15, -0.1) is 0 Å². The van der Waals surface area contributed by atoms with Crippen molar-refractivity contribution in [2.45, 2.75) is 0 Å². The van der Waals surface area contributed by atoms with Crippen LogP contribution in [0.3, 0.4) is 0 Å². The first-order valence-electron chi connectivity index (χ1n) is 5.34. The van der Waals surface area contributed by atoms with Crippen molar-refractivity contribution in [3.05, 3.63) is 52.3 Å². The fraction of sp³-hybridized carbons (Fsp3) is 0. The van der Waals surface area contributed by atoms with Crippen molar-refractivity contribution in [3.8, 4) is 11.5 Å². The molecule has 0 atom stereocenters. The highest BCUT2D eigenvalue weighted by molar-refractivity contribution is 6.43. The molecule has 0 saturated heterocycles. The van der Waals surface area contributed by atoms with Gasteiger partial charge in [-0.25, -0.2) is 0 Å². The maximum absolute atomic E-state index is 6.82. The molecule has 1 aromatic heterocycles. The first-order valence-corrected chi connectivity index (χ1v) is 6.10. The van der Waals surface area contributed by atoms with Crippen LogP contribution in [0.25, 0.3) is 17.5 Å². The van der Waals surface area contributed by atoms with Gasteiger partial charge in [0, 0.05) is 6.21 Å². The zero-order chi connectivity index (χ0) is 13.7. The zero-order valence-electron chi connectivity index (χ0n) is 9.68. The van der Waals surface area contributed by atoms with E-state index in [-0.39, 0.29) is 0 Å². The average molecular weight is 294 g/mol. The molecule has 0 aliphatic carbocycles. The minimum atomic E-state index is 0.309. The molecule has 0 spiro atoms. The third kappa shape index (κ3) is 3.30. The Hall–Kier alpha value is -1.91. The molecule has 1 heterocycles. The Kier molecular flexibility index (Phi) is 4.49. The van der Waals surface area contributed by atoms with Gasteiger partial charge in [0.1, 0.15) is 0 Å². The molecule has 96 valence electrons. The first-order chi connectivity index (χ1) is 9.22. The summed E-state index contributed by atoms with van der Waals surface area (Å²) in [6, 6.07) is 5.20. The lowest BCUT2D eigenvalue weighted by molar-refractivity contribution is 0.429. The monoisotopic (exact) mass is 293 g/mol. The maximum atomic E-state index is 6.82. The van der Waals surface area contributed by atoms with Crippen LogP contribution in [-0.4, -0.2) is 16.4 Å². The summed E-state index contributed by atoms with van der Waals surface area (Å²) >= 11 is 12.0. The lowest BCUT2D eigenvalue weighted by Crippen LogP contribution is -1.81. The van der Waals surface area contributed by atoms with E-state index in [1.54, 1.807) is 42.5 Å². The lowest BCUT2D eigenvalue weighted by Gasteiger charge is -1.99. The summed E-state index contributed by atoms with van der Waals surface area (Å²) in [7, 11) is 0. The number of rotatable bonds is 4. The van der Waals surface area contributed by atoms with Crippen LogP contribution in [-0.2, 0) is 0 Å². The van der Waals surface area contributed by atoms with E-state index < -0.39 is 0 Å². The molecule has 19 heavy (non-hydrogen) atoms. The molecule has 1 N–H and O–H groups in total. The van der Waals surface area contributed by atoms with Crippen LogP contribution in [0.5, 0.6) is 0 Å². The van der Waals surface area contributed by atoms with Crippen molar-refractivity contribution in [1.29, 1.82) is 5.41 Å². The largest absolute Gasteiger partial charge is 0.334 e. The molecule has 0 aliphatic heterocycles. The van der Waals surface area contributed by atoms with Crippen LogP contribution in [0.15, 0.2) is 41.0 Å². The van der Waals surface area contributed by atoms with E-state index in [2.05, 4.69) is 10.1 Å². The van der Waals surface area contributed by atoms with Gasteiger partial charge >= 0.3 is 0 Å². The number of hydrogen-bond acceptors (Lipinski definition) is 4. The summed E-state index contributed by atoms with van der Waals surface area (Å²) in [5, 5.41) is 11.4. The van der Waals surface area contributed by atoms with E-state index in [4.69, 9.17) is 33.1 Å². The quantitative estimate of drug-likeness (QED) is 0.676. The smallest absolute Gasteiger partial charge is 0.259 e. The Balaban J connectivity index is 2.26.